The Morgan fingerprint density at radius 1 is 1.19 bits per heavy atom. The van der Waals surface area contributed by atoms with Crippen LogP contribution < -0.4 is 5.56 Å². The molecule has 0 radical (unpaired) electrons. The normalized spacial score (nSPS) is 22.8. The molecular weight excluding hydrogens is 264 g/mol. The summed E-state index contributed by atoms with van der Waals surface area (Å²) >= 11 is 0. The van der Waals surface area contributed by atoms with Crippen molar-refractivity contribution in [3.63, 3.8) is 0 Å². The van der Waals surface area contributed by atoms with E-state index in [1.807, 2.05) is 21.4 Å². The Bertz CT molecular complexity index is 664. The first kappa shape index (κ1) is 14.3. The summed E-state index contributed by atoms with van der Waals surface area (Å²) in [6.07, 6.45) is 10.7. The predicted molar refractivity (Wildman–Crippen MR) is 82.4 cm³/mol. The number of aryl methyl sites for hydroxylation is 1. The summed E-state index contributed by atoms with van der Waals surface area (Å²) in [4.78, 5) is 12.5. The van der Waals surface area contributed by atoms with E-state index in [1.165, 1.54) is 25.7 Å². The average molecular weight is 288 g/mol. The van der Waals surface area contributed by atoms with Crippen LogP contribution in [-0.2, 0) is 13.0 Å². The van der Waals surface area contributed by atoms with Crippen LogP contribution in [0.3, 0.4) is 0 Å². The third-order valence-corrected chi connectivity index (χ3v) is 4.68. The van der Waals surface area contributed by atoms with Gasteiger partial charge in [0.2, 0.25) is 5.65 Å². The van der Waals surface area contributed by atoms with Crippen molar-refractivity contribution < 1.29 is 0 Å². The second-order valence-corrected chi connectivity index (χ2v) is 6.44. The molecule has 2 aromatic heterocycles. The van der Waals surface area contributed by atoms with Crippen LogP contribution >= 0.6 is 0 Å². The van der Waals surface area contributed by atoms with Crippen LogP contribution in [0.15, 0.2) is 17.2 Å². The molecule has 2 aromatic rings. The molecule has 1 aliphatic carbocycles. The summed E-state index contributed by atoms with van der Waals surface area (Å²) in [5.74, 6) is 2.34. The van der Waals surface area contributed by atoms with Gasteiger partial charge in [0.1, 0.15) is 5.82 Å². The highest BCUT2D eigenvalue weighted by Crippen LogP contribution is 2.28. The lowest BCUT2D eigenvalue weighted by atomic mass is 9.83. The van der Waals surface area contributed by atoms with Gasteiger partial charge in [0.15, 0.2) is 0 Å². The zero-order valence-electron chi connectivity index (χ0n) is 13.0. The maximum Gasteiger partial charge on any atom is 0.296 e. The van der Waals surface area contributed by atoms with Crippen molar-refractivity contribution in [1.29, 1.82) is 0 Å². The van der Waals surface area contributed by atoms with Gasteiger partial charge >= 0.3 is 0 Å². The molecule has 1 saturated carbocycles. The molecule has 0 bridgehead atoms. The fourth-order valence-electron chi connectivity index (χ4n) is 3.30. The molecule has 0 atom stereocenters. The van der Waals surface area contributed by atoms with Gasteiger partial charge in [-0.05, 0) is 31.1 Å². The zero-order valence-corrected chi connectivity index (χ0v) is 13.0. The maximum atomic E-state index is 12.5. The van der Waals surface area contributed by atoms with Crippen LogP contribution in [0.5, 0.6) is 0 Å². The fourth-order valence-corrected chi connectivity index (χ4v) is 3.30. The van der Waals surface area contributed by atoms with E-state index in [4.69, 9.17) is 0 Å². The maximum absolute atomic E-state index is 12.5. The molecular formula is C16H24N4O. The van der Waals surface area contributed by atoms with Gasteiger partial charge in [-0.15, -0.1) is 10.2 Å². The van der Waals surface area contributed by atoms with Crippen molar-refractivity contribution in [3.05, 3.63) is 28.6 Å². The molecule has 0 aliphatic heterocycles. The molecule has 1 aliphatic rings. The van der Waals surface area contributed by atoms with Gasteiger partial charge in [-0.25, -0.2) is 0 Å². The smallest absolute Gasteiger partial charge is 0.296 e. The Balaban J connectivity index is 1.83. The minimum absolute atomic E-state index is 0.00836. The second kappa shape index (κ2) is 6.00. The lowest BCUT2D eigenvalue weighted by Crippen LogP contribution is -2.27. The molecule has 21 heavy (non-hydrogen) atoms. The number of hydrogen-bond donors (Lipinski definition) is 0. The summed E-state index contributed by atoms with van der Waals surface area (Å²) in [5, 5.41) is 8.23. The minimum Gasteiger partial charge on any atom is -0.311 e. The Kier molecular flexibility index (Phi) is 4.08. The van der Waals surface area contributed by atoms with E-state index >= 15 is 0 Å². The quantitative estimate of drug-likeness (QED) is 0.869. The Labute approximate surface area is 125 Å². The van der Waals surface area contributed by atoms with Crippen molar-refractivity contribution in [1.82, 2.24) is 19.2 Å². The standard InChI is InChI=1S/C16H24N4O/c1-3-4-14-17-18-15-16(21)19(9-10-20(14)15)11-13-7-5-12(2)6-8-13/h9-10,12-13H,3-8,11H2,1-2H3. The lowest BCUT2D eigenvalue weighted by molar-refractivity contribution is 0.263. The number of nitrogens with zero attached hydrogens (tertiary/aromatic N) is 4. The van der Waals surface area contributed by atoms with Crippen molar-refractivity contribution >= 4 is 5.65 Å². The highest BCUT2D eigenvalue weighted by atomic mass is 16.1. The van der Waals surface area contributed by atoms with E-state index in [-0.39, 0.29) is 5.56 Å². The van der Waals surface area contributed by atoms with E-state index < -0.39 is 0 Å². The van der Waals surface area contributed by atoms with Gasteiger partial charge in [0.25, 0.3) is 5.56 Å². The molecule has 0 saturated heterocycles. The van der Waals surface area contributed by atoms with Crippen LogP contribution in [0.1, 0.15) is 51.8 Å². The lowest BCUT2D eigenvalue weighted by Gasteiger charge is -2.26. The molecule has 3 rings (SSSR count). The minimum atomic E-state index is -0.00836. The van der Waals surface area contributed by atoms with Gasteiger partial charge in [0.05, 0.1) is 0 Å². The first-order valence-corrected chi connectivity index (χ1v) is 8.12. The summed E-state index contributed by atoms with van der Waals surface area (Å²) in [5.41, 5.74) is 0.455. The third kappa shape index (κ3) is 2.87. The fraction of sp³-hybridized carbons (Fsp3) is 0.688. The first-order valence-electron chi connectivity index (χ1n) is 8.12. The molecule has 0 aromatic carbocycles. The van der Waals surface area contributed by atoms with Gasteiger partial charge in [0, 0.05) is 25.4 Å². The van der Waals surface area contributed by atoms with Gasteiger partial charge in [-0.3, -0.25) is 9.20 Å². The van der Waals surface area contributed by atoms with Crippen LogP contribution in [0.25, 0.3) is 5.65 Å². The SMILES string of the molecule is CCCc1nnc2c(=O)n(CC3CCC(C)CC3)ccn12. The Morgan fingerprint density at radius 2 is 1.95 bits per heavy atom. The topological polar surface area (TPSA) is 52.2 Å². The van der Waals surface area contributed by atoms with Crippen molar-refractivity contribution in [3.8, 4) is 0 Å². The Morgan fingerprint density at radius 3 is 2.67 bits per heavy atom. The number of fused-ring (bicyclic) bond motifs is 1. The van der Waals surface area contributed by atoms with Crippen LogP contribution in [-0.4, -0.2) is 19.2 Å². The van der Waals surface area contributed by atoms with Crippen LogP contribution in [0.4, 0.5) is 0 Å². The summed E-state index contributed by atoms with van der Waals surface area (Å²) in [6.45, 7) is 5.24. The molecule has 1 fully saturated rings. The van der Waals surface area contributed by atoms with Crippen LogP contribution in [0, 0.1) is 11.8 Å². The monoisotopic (exact) mass is 288 g/mol. The second-order valence-electron chi connectivity index (χ2n) is 6.44. The van der Waals surface area contributed by atoms with Crippen molar-refractivity contribution in [2.45, 2.75) is 58.9 Å². The highest BCUT2D eigenvalue weighted by molar-refractivity contribution is 5.34. The predicted octanol–water partition coefficient (Wildman–Crippen LogP) is 2.67. The van der Waals surface area contributed by atoms with E-state index in [0.717, 1.165) is 31.1 Å². The van der Waals surface area contributed by atoms with E-state index in [1.54, 1.807) is 0 Å². The number of hydrogen-bond acceptors (Lipinski definition) is 3. The van der Waals surface area contributed by atoms with Gasteiger partial charge in [-0.1, -0.05) is 26.7 Å². The third-order valence-electron chi connectivity index (χ3n) is 4.68. The summed E-state index contributed by atoms with van der Waals surface area (Å²) < 4.78 is 3.66. The summed E-state index contributed by atoms with van der Waals surface area (Å²) in [7, 11) is 0. The average Bonchev–Trinajstić information content (AvgIpc) is 2.89. The van der Waals surface area contributed by atoms with E-state index in [2.05, 4.69) is 24.0 Å². The van der Waals surface area contributed by atoms with Gasteiger partial charge < -0.3 is 4.57 Å². The Hall–Kier alpha value is -1.65. The number of rotatable bonds is 4. The molecule has 0 amide bonds. The van der Waals surface area contributed by atoms with E-state index in [0.29, 0.717) is 11.6 Å². The molecule has 0 N–H and O–H groups in total. The van der Waals surface area contributed by atoms with Crippen molar-refractivity contribution in [2.75, 3.05) is 0 Å². The molecule has 114 valence electrons. The molecule has 5 nitrogen and oxygen atoms in total. The summed E-state index contributed by atoms with van der Waals surface area (Å²) in [6, 6.07) is 0. The van der Waals surface area contributed by atoms with Crippen LogP contribution in [0.2, 0.25) is 0 Å². The largest absolute Gasteiger partial charge is 0.311 e. The molecule has 5 heteroatoms. The first-order chi connectivity index (χ1) is 10.2. The molecule has 0 spiro atoms. The highest BCUT2D eigenvalue weighted by Gasteiger charge is 2.19. The molecule has 2 heterocycles. The van der Waals surface area contributed by atoms with Gasteiger partial charge in [-0.2, -0.15) is 0 Å². The van der Waals surface area contributed by atoms with E-state index in [9.17, 15) is 4.79 Å². The number of aromatic nitrogens is 4. The van der Waals surface area contributed by atoms with Crippen molar-refractivity contribution in [2.24, 2.45) is 11.8 Å². The molecule has 0 unspecified atom stereocenters. The zero-order chi connectivity index (χ0) is 14.8.